The zero-order valence-electron chi connectivity index (χ0n) is 22.0. The first kappa shape index (κ1) is 29.8. The highest BCUT2D eigenvalue weighted by atomic mass is 16.7. The van der Waals surface area contributed by atoms with E-state index in [9.17, 15) is 34.5 Å². The lowest BCUT2D eigenvalue weighted by atomic mass is 9.88. The van der Waals surface area contributed by atoms with Crippen LogP contribution in [-0.2, 0) is 36.9 Å². The summed E-state index contributed by atoms with van der Waals surface area (Å²) in [5, 5.41) is 51.7. The van der Waals surface area contributed by atoms with Crippen LogP contribution in [0.1, 0.15) is 24.0 Å². The number of aliphatic carboxylic acids is 4. The molecule has 0 bridgehead atoms. The third kappa shape index (κ3) is 6.09. The number of hydrogen-bond donors (Lipinski definition) is 8. The number of carboxylic acids is 4. The van der Waals surface area contributed by atoms with Gasteiger partial charge in [0.2, 0.25) is 5.60 Å². The van der Waals surface area contributed by atoms with Gasteiger partial charge in [0, 0.05) is 53.5 Å². The summed E-state index contributed by atoms with van der Waals surface area (Å²) < 4.78 is 0. The zero-order chi connectivity index (χ0) is 30.7. The Balaban J connectivity index is 0.000000193. The molecular weight excluding hydrogens is 552 g/mol. The molecular formula is C28H28N4O10. The first-order valence-electron chi connectivity index (χ1n) is 12.6. The van der Waals surface area contributed by atoms with Gasteiger partial charge in [-0.15, -0.1) is 0 Å². The molecule has 0 spiro atoms. The number of carboxylic acid groups (broad SMARTS) is 4. The fourth-order valence-corrected chi connectivity index (χ4v) is 4.74. The highest BCUT2D eigenvalue weighted by Gasteiger charge is 2.49. The number of rotatable bonds is 10. The summed E-state index contributed by atoms with van der Waals surface area (Å²) in [6.45, 7) is 0. The molecule has 1 aliphatic heterocycles. The maximum absolute atomic E-state index is 11.6. The summed E-state index contributed by atoms with van der Waals surface area (Å²) in [5.41, 5.74) is 4.19. The summed E-state index contributed by atoms with van der Waals surface area (Å²) in [5.74, 6) is -5.34. The van der Waals surface area contributed by atoms with E-state index >= 15 is 0 Å². The first-order valence-corrected chi connectivity index (χ1v) is 12.6. The van der Waals surface area contributed by atoms with Crippen LogP contribution in [0.25, 0.3) is 21.8 Å². The maximum Gasteiger partial charge on any atom is 0.353 e. The van der Waals surface area contributed by atoms with Gasteiger partial charge in [0.15, 0.2) is 11.3 Å². The molecule has 4 aromatic rings. The topological polar surface area (TPSA) is 249 Å². The number of H-pyrrole nitrogens is 2. The predicted octanol–water partition coefficient (Wildman–Crippen LogP) is 1.72. The van der Waals surface area contributed by atoms with Crippen LogP contribution in [0.5, 0.6) is 0 Å². The van der Waals surface area contributed by atoms with Gasteiger partial charge in [-0.1, -0.05) is 41.6 Å². The van der Waals surface area contributed by atoms with Crippen LogP contribution in [0.4, 0.5) is 0 Å². The van der Waals surface area contributed by atoms with Crippen molar-refractivity contribution in [2.45, 2.75) is 42.9 Å². The first-order chi connectivity index (χ1) is 19.8. The Morgan fingerprint density at radius 2 is 1.48 bits per heavy atom. The second-order valence-electron chi connectivity index (χ2n) is 9.97. The third-order valence-corrected chi connectivity index (χ3v) is 7.00. The Kier molecular flexibility index (Phi) is 8.31. The average molecular weight is 581 g/mol. The van der Waals surface area contributed by atoms with Crippen molar-refractivity contribution >= 4 is 51.4 Å². The molecule has 1 aliphatic rings. The van der Waals surface area contributed by atoms with Crippen LogP contribution in [0.3, 0.4) is 0 Å². The largest absolute Gasteiger partial charge is 0.480 e. The zero-order valence-corrected chi connectivity index (χ0v) is 22.0. The van der Waals surface area contributed by atoms with Crippen LogP contribution >= 0.6 is 0 Å². The number of hydrogen-bond acceptors (Lipinski definition) is 8. The quantitative estimate of drug-likeness (QED) is 0.134. The molecule has 3 unspecified atom stereocenters. The molecule has 2 aromatic heterocycles. The molecule has 42 heavy (non-hydrogen) atoms. The highest BCUT2D eigenvalue weighted by molar-refractivity contribution is 6.36. The Morgan fingerprint density at radius 1 is 0.929 bits per heavy atom. The lowest BCUT2D eigenvalue weighted by Crippen LogP contribution is -2.48. The normalized spacial score (nSPS) is 18.3. The fourth-order valence-electron chi connectivity index (χ4n) is 4.74. The molecule has 0 aliphatic carbocycles. The van der Waals surface area contributed by atoms with E-state index in [0.29, 0.717) is 5.56 Å². The lowest BCUT2D eigenvalue weighted by molar-refractivity contribution is -0.162. The molecule has 3 heterocycles. The van der Waals surface area contributed by atoms with Gasteiger partial charge in [-0.05, 0) is 23.3 Å². The van der Waals surface area contributed by atoms with Gasteiger partial charge in [0.25, 0.3) is 0 Å². The van der Waals surface area contributed by atoms with E-state index in [2.05, 4.69) is 15.1 Å². The molecule has 0 saturated heterocycles. The number of carbonyl (C=O) groups is 4. The number of fused-ring (bicyclic) bond motifs is 2. The van der Waals surface area contributed by atoms with Gasteiger partial charge in [-0.2, -0.15) is 0 Å². The number of nitrogens with one attached hydrogen (secondary N) is 2. The molecule has 3 atom stereocenters. The van der Waals surface area contributed by atoms with Crippen molar-refractivity contribution in [1.82, 2.24) is 9.97 Å². The number of para-hydroxylation sites is 2. The lowest BCUT2D eigenvalue weighted by Gasteiger charge is -2.24. The molecule has 0 saturated carbocycles. The molecule has 220 valence electrons. The number of aromatic nitrogens is 2. The van der Waals surface area contributed by atoms with Crippen molar-refractivity contribution in [3.05, 3.63) is 72.1 Å². The SMILES string of the molecule is NC(CC(O)(Cc1c[nH]c2ccccc12)C(=O)O)C(=O)O.O=C(O)C1=NOC(Cc2c[nH]c3ccccc23)(C(=O)O)C1. The number of benzene rings is 2. The summed E-state index contributed by atoms with van der Waals surface area (Å²) in [4.78, 5) is 55.6. The van der Waals surface area contributed by atoms with E-state index < -0.39 is 47.5 Å². The fraction of sp³-hybridized carbons (Fsp3) is 0.250. The highest BCUT2D eigenvalue weighted by Crippen LogP contribution is 2.32. The van der Waals surface area contributed by atoms with Gasteiger partial charge in [0.1, 0.15) is 6.04 Å². The standard InChI is InChI=1S/C14H12N2O5.C14H16N2O5/c17-12(18)11-6-14(13(19)20,21-16-11)5-8-7-15-10-4-2-1-3-9(8)10;15-10(12(17)18)6-14(21,13(19)20)5-8-7-16-11-4-2-1-3-9(8)11/h1-4,7,15H,5-6H2,(H,17,18)(H,19,20);1-4,7,10,16,21H,5-6,15H2,(H,17,18)(H,19,20). The van der Waals surface area contributed by atoms with Crippen molar-refractivity contribution < 1.29 is 49.5 Å². The maximum atomic E-state index is 11.6. The summed E-state index contributed by atoms with van der Waals surface area (Å²) >= 11 is 0. The molecule has 0 fully saturated rings. The Morgan fingerprint density at radius 3 is 1.98 bits per heavy atom. The van der Waals surface area contributed by atoms with E-state index in [1.165, 1.54) is 0 Å². The number of oxime groups is 1. The number of aliphatic hydroxyl groups is 1. The van der Waals surface area contributed by atoms with E-state index in [1.54, 1.807) is 24.5 Å². The van der Waals surface area contributed by atoms with Crippen molar-refractivity contribution in [1.29, 1.82) is 0 Å². The monoisotopic (exact) mass is 580 g/mol. The molecule has 0 radical (unpaired) electrons. The van der Waals surface area contributed by atoms with Crippen LogP contribution in [0.2, 0.25) is 0 Å². The Hall–Kier alpha value is -5.21. The van der Waals surface area contributed by atoms with Crippen LogP contribution in [0.15, 0.2) is 66.1 Å². The van der Waals surface area contributed by atoms with Crippen LogP contribution in [-0.4, -0.2) is 82.3 Å². The number of nitrogens with two attached hydrogens (primary N) is 1. The van der Waals surface area contributed by atoms with Crippen molar-refractivity contribution in [3.63, 3.8) is 0 Å². The van der Waals surface area contributed by atoms with Crippen molar-refractivity contribution in [2.24, 2.45) is 10.9 Å². The van der Waals surface area contributed by atoms with E-state index in [1.807, 2.05) is 36.4 Å². The van der Waals surface area contributed by atoms with Gasteiger partial charge in [0.05, 0.1) is 6.42 Å². The Bertz CT molecular complexity index is 1690. The predicted molar refractivity (Wildman–Crippen MR) is 148 cm³/mol. The molecule has 9 N–H and O–H groups in total. The molecule has 5 rings (SSSR count). The van der Waals surface area contributed by atoms with Crippen molar-refractivity contribution in [3.8, 4) is 0 Å². The minimum absolute atomic E-state index is 0.0344. The van der Waals surface area contributed by atoms with Gasteiger partial charge >= 0.3 is 23.9 Å². The van der Waals surface area contributed by atoms with E-state index in [4.69, 9.17) is 20.8 Å². The molecule has 14 nitrogen and oxygen atoms in total. The van der Waals surface area contributed by atoms with Crippen LogP contribution in [0, 0.1) is 0 Å². The van der Waals surface area contributed by atoms with Gasteiger partial charge < -0.3 is 46.1 Å². The van der Waals surface area contributed by atoms with Gasteiger partial charge in [-0.3, -0.25) is 4.79 Å². The molecule has 0 amide bonds. The second kappa shape index (κ2) is 11.7. The smallest absolute Gasteiger partial charge is 0.353 e. The Labute approximate surface area is 237 Å². The third-order valence-electron chi connectivity index (χ3n) is 7.00. The minimum atomic E-state index is -2.23. The second-order valence-corrected chi connectivity index (χ2v) is 9.97. The van der Waals surface area contributed by atoms with Crippen molar-refractivity contribution in [2.75, 3.05) is 0 Å². The number of aromatic amines is 2. The molecule has 14 heteroatoms. The molecule has 2 aromatic carbocycles. The summed E-state index contributed by atoms with van der Waals surface area (Å²) in [7, 11) is 0. The minimum Gasteiger partial charge on any atom is -0.480 e. The van der Waals surface area contributed by atoms with Gasteiger partial charge in [-0.25, -0.2) is 14.4 Å². The van der Waals surface area contributed by atoms with E-state index in [0.717, 1.165) is 27.4 Å². The van der Waals surface area contributed by atoms with E-state index in [-0.39, 0.29) is 25.0 Å². The van der Waals surface area contributed by atoms with Crippen LogP contribution < -0.4 is 5.73 Å². The summed E-state index contributed by atoms with van der Waals surface area (Å²) in [6, 6.07) is 13.2. The average Bonchev–Trinajstić information content (AvgIpc) is 3.68. The summed E-state index contributed by atoms with van der Waals surface area (Å²) in [6.07, 6.45) is 2.27. The number of nitrogens with zero attached hydrogens (tertiary/aromatic N) is 1.